The zero-order valence-corrected chi connectivity index (χ0v) is 26.1. The average Bonchev–Trinajstić information content (AvgIpc) is 3.52. The second-order valence-electron chi connectivity index (χ2n) is 10.2. The van der Waals surface area contributed by atoms with Crippen molar-refractivity contribution in [2.75, 3.05) is 0 Å². The van der Waals surface area contributed by atoms with Crippen LogP contribution in [0, 0.1) is 0 Å². The van der Waals surface area contributed by atoms with E-state index in [0.717, 1.165) is 0 Å². The van der Waals surface area contributed by atoms with Gasteiger partial charge in [0.15, 0.2) is 0 Å². The fourth-order valence-corrected chi connectivity index (χ4v) is 17.1. The fourth-order valence-electron chi connectivity index (χ4n) is 6.42. The number of rotatable bonds is 4. The Hall–Kier alpha value is -3.26. The van der Waals surface area contributed by atoms with Gasteiger partial charge in [0.2, 0.25) is 0 Å². The molecule has 3 atom stereocenters. The van der Waals surface area contributed by atoms with Crippen LogP contribution in [0.4, 0.5) is 0 Å². The molecule has 0 amide bonds. The Balaban J connectivity index is 0.00000145. The summed E-state index contributed by atoms with van der Waals surface area (Å²) in [4.78, 5) is 0. The Morgan fingerprint density at radius 3 is 2.00 bits per heavy atom. The Kier molecular flexibility index (Phi) is 7.38. The smallest absolute Gasteiger partial charge is 1.00 e. The molecule has 3 aliphatic rings. The molecule has 5 aromatic rings. The van der Waals surface area contributed by atoms with Gasteiger partial charge >= 0.3 is 238 Å². The SMILES string of the molecule is C1=C[CH]([Hf+2][CH]2C3=Cc4c(cccc42)-c2ccccc2P3c2ccccc2)c2cccc(-c3ccccc3)c21.[F-].[F-]. The zero-order valence-electron chi connectivity index (χ0n) is 21.6. The second-order valence-corrected chi connectivity index (χ2v) is 17.9. The third-order valence-corrected chi connectivity index (χ3v) is 18.1. The molecule has 192 valence electrons. The van der Waals surface area contributed by atoms with Crippen molar-refractivity contribution >= 4 is 30.7 Å². The molecule has 3 unspecified atom stereocenters. The van der Waals surface area contributed by atoms with E-state index in [1.807, 2.05) is 0 Å². The summed E-state index contributed by atoms with van der Waals surface area (Å²) in [6.45, 7) is 0. The molecule has 0 nitrogen and oxygen atoms in total. The summed E-state index contributed by atoms with van der Waals surface area (Å²) in [5.41, 5.74) is 11.6. The molecular formula is C36H25F2HfP. The third-order valence-electron chi connectivity index (χ3n) is 8.11. The number of fused-ring (bicyclic) bond motifs is 4. The van der Waals surface area contributed by atoms with Gasteiger partial charge in [0, 0.05) is 0 Å². The van der Waals surface area contributed by atoms with Crippen LogP contribution in [0.3, 0.4) is 0 Å². The van der Waals surface area contributed by atoms with Crippen LogP contribution < -0.4 is 20.0 Å². The predicted octanol–water partition coefficient (Wildman–Crippen LogP) is 2.72. The van der Waals surface area contributed by atoms with E-state index in [1.54, 1.807) is 16.4 Å². The van der Waals surface area contributed by atoms with E-state index in [-0.39, 0.29) is 9.41 Å². The van der Waals surface area contributed by atoms with Gasteiger partial charge in [-0.25, -0.2) is 0 Å². The molecule has 0 aromatic heterocycles. The van der Waals surface area contributed by atoms with E-state index in [2.05, 4.69) is 140 Å². The first-order valence-electron chi connectivity index (χ1n) is 13.3. The molecule has 0 fully saturated rings. The summed E-state index contributed by atoms with van der Waals surface area (Å²) in [5.74, 6) is 0. The van der Waals surface area contributed by atoms with Gasteiger partial charge < -0.3 is 9.41 Å². The molecule has 40 heavy (non-hydrogen) atoms. The summed E-state index contributed by atoms with van der Waals surface area (Å²) in [6, 6.07) is 45.4. The first kappa shape index (κ1) is 26.9. The molecule has 4 bridgehead atoms. The van der Waals surface area contributed by atoms with Crippen molar-refractivity contribution in [2.45, 2.75) is 7.35 Å². The molecule has 1 heterocycles. The van der Waals surface area contributed by atoms with E-state index in [1.165, 1.54) is 44.0 Å². The molecule has 2 aliphatic carbocycles. The maximum atomic E-state index is 2.61. The standard InChI is InChI=1S/C21H14P.C15H11.2FH.Hf/c1-2-8-16(9-3-1)22-17-13-15-7-6-11-18(20(15)14-17)19-10-4-5-12-21(19)22;1-2-6-12(7-3-1)14-10-4-8-13-9-5-11-15(13)14;;;/h1-14H;1-11H;2*1H;/q;;;;+2/p-2. The van der Waals surface area contributed by atoms with Crippen LogP contribution in [0.1, 0.15) is 29.6 Å². The van der Waals surface area contributed by atoms with Crippen molar-refractivity contribution in [3.63, 3.8) is 0 Å². The molecule has 1 aliphatic heterocycles. The topological polar surface area (TPSA) is 0 Å². The fraction of sp³-hybridized carbons (Fsp3) is 0.0556. The molecule has 0 N–H and O–H groups in total. The molecule has 8 rings (SSSR count). The maximum Gasteiger partial charge on any atom is -1.00 e. The van der Waals surface area contributed by atoms with Crippen molar-refractivity contribution in [3.05, 3.63) is 155 Å². The molecule has 4 heteroatoms. The van der Waals surface area contributed by atoms with Gasteiger partial charge in [-0.2, -0.15) is 0 Å². The van der Waals surface area contributed by atoms with Gasteiger partial charge in [-0.3, -0.25) is 0 Å². The number of hydrogen-bond donors (Lipinski definition) is 0. The van der Waals surface area contributed by atoms with Gasteiger partial charge in [0.05, 0.1) is 0 Å². The van der Waals surface area contributed by atoms with Crippen LogP contribution in [0.2, 0.25) is 0 Å². The van der Waals surface area contributed by atoms with Gasteiger partial charge in [-0.15, -0.1) is 0 Å². The molecular weight excluding hydrogens is 680 g/mol. The van der Waals surface area contributed by atoms with E-state index < -0.39 is 30.8 Å². The molecule has 0 radical (unpaired) electrons. The first-order chi connectivity index (χ1) is 18.9. The summed E-state index contributed by atoms with van der Waals surface area (Å²) in [5, 5.41) is 4.70. The molecule has 0 spiro atoms. The Bertz CT molecular complexity index is 1760. The second kappa shape index (κ2) is 11.0. The van der Waals surface area contributed by atoms with Crippen LogP contribution in [0.25, 0.3) is 34.4 Å². The van der Waals surface area contributed by atoms with Crippen LogP contribution in [0.5, 0.6) is 0 Å². The number of allylic oxidation sites excluding steroid dienone is 2. The summed E-state index contributed by atoms with van der Waals surface area (Å²) < 4.78 is 1.23. The number of hydrogen-bond acceptors (Lipinski definition) is 0. The van der Waals surface area contributed by atoms with Crippen molar-refractivity contribution in [2.24, 2.45) is 0 Å². The van der Waals surface area contributed by atoms with E-state index >= 15 is 0 Å². The van der Waals surface area contributed by atoms with Crippen molar-refractivity contribution in [1.82, 2.24) is 0 Å². The summed E-state index contributed by atoms with van der Waals surface area (Å²) in [7, 11) is -0.556. The normalized spacial score (nSPS) is 18.8. The number of halogens is 2. The van der Waals surface area contributed by atoms with Crippen molar-refractivity contribution in [3.8, 4) is 22.3 Å². The van der Waals surface area contributed by atoms with E-state index in [9.17, 15) is 0 Å². The minimum absolute atomic E-state index is 0. The van der Waals surface area contributed by atoms with Gasteiger partial charge in [-0.1, -0.05) is 0 Å². The molecule has 0 saturated carbocycles. The largest absolute Gasteiger partial charge is 1.00 e. The van der Waals surface area contributed by atoms with Crippen molar-refractivity contribution < 1.29 is 32.3 Å². The van der Waals surface area contributed by atoms with E-state index in [4.69, 9.17) is 0 Å². The third kappa shape index (κ3) is 4.23. The van der Waals surface area contributed by atoms with Crippen LogP contribution >= 0.6 is 7.92 Å². The average molecular weight is 705 g/mol. The van der Waals surface area contributed by atoms with Crippen LogP contribution in [-0.2, 0) is 22.9 Å². The minimum atomic E-state index is -1.23. The van der Waals surface area contributed by atoms with Gasteiger partial charge in [0.1, 0.15) is 0 Å². The van der Waals surface area contributed by atoms with Gasteiger partial charge in [0.25, 0.3) is 0 Å². The van der Waals surface area contributed by atoms with Crippen LogP contribution in [0.15, 0.2) is 133 Å². The Labute approximate surface area is 246 Å². The van der Waals surface area contributed by atoms with E-state index in [0.29, 0.717) is 7.35 Å². The molecule has 0 saturated heterocycles. The first-order valence-corrected chi connectivity index (χ1v) is 18.8. The zero-order chi connectivity index (χ0) is 25.1. The minimum Gasteiger partial charge on any atom is -1.00 e. The summed E-state index contributed by atoms with van der Waals surface area (Å²) >= 11 is -1.23. The Morgan fingerprint density at radius 2 is 1.20 bits per heavy atom. The predicted molar refractivity (Wildman–Crippen MR) is 159 cm³/mol. The molecule has 5 aromatic carbocycles. The monoisotopic (exact) mass is 706 g/mol. The van der Waals surface area contributed by atoms with Crippen LogP contribution in [-0.4, -0.2) is 0 Å². The van der Waals surface area contributed by atoms with Crippen molar-refractivity contribution in [1.29, 1.82) is 0 Å². The Morgan fingerprint density at radius 1 is 0.550 bits per heavy atom. The number of benzene rings is 5. The maximum absolute atomic E-state index is 2.61. The summed E-state index contributed by atoms with van der Waals surface area (Å²) in [6.07, 6.45) is 7.58. The van der Waals surface area contributed by atoms with Gasteiger partial charge in [-0.05, 0) is 0 Å². The quantitative estimate of drug-likeness (QED) is 0.200.